The van der Waals surface area contributed by atoms with E-state index in [4.69, 9.17) is 0 Å². The second kappa shape index (κ2) is 8.22. The SMILES string of the molecule is CCN(CC)CCN1C(=O)C(O)(c2ccc3ccccc3c2)c2c1cccc2C(F)(F)F. The van der Waals surface area contributed by atoms with Gasteiger partial charge < -0.3 is 14.9 Å². The molecule has 4 nitrogen and oxygen atoms in total. The van der Waals surface area contributed by atoms with Gasteiger partial charge in [-0.2, -0.15) is 13.2 Å². The van der Waals surface area contributed by atoms with Gasteiger partial charge in [0.1, 0.15) is 0 Å². The minimum atomic E-state index is -4.72. The van der Waals surface area contributed by atoms with E-state index in [1.54, 1.807) is 24.3 Å². The molecule has 1 N–H and O–H groups in total. The van der Waals surface area contributed by atoms with Crippen molar-refractivity contribution >= 4 is 22.4 Å². The number of halogens is 3. The molecule has 1 aliphatic heterocycles. The van der Waals surface area contributed by atoms with Crippen molar-refractivity contribution in [2.45, 2.75) is 25.6 Å². The Morgan fingerprint density at radius 2 is 1.66 bits per heavy atom. The average Bonchev–Trinajstić information content (AvgIpc) is 3.01. The van der Waals surface area contributed by atoms with Crippen LogP contribution in [0, 0.1) is 0 Å². The van der Waals surface area contributed by atoms with Crippen molar-refractivity contribution in [1.82, 2.24) is 4.90 Å². The lowest BCUT2D eigenvalue weighted by atomic mass is 9.83. The number of amides is 1. The van der Waals surface area contributed by atoms with Crippen LogP contribution in [-0.2, 0) is 16.6 Å². The van der Waals surface area contributed by atoms with Gasteiger partial charge in [-0.05, 0) is 47.6 Å². The van der Waals surface area contributed by atoms with Gasteiger partial charge in [-0.1, -0.05) is 56.3 Å². The molecule has 0 saturated heterocycles. The van der Waals surface area contributed by atoms with E-state index in [1.165, 1.54) is 23.1 Å². The van der Waals surface area contributed by atoms with Gasteiger partial charge in [0.2, 0.25) is 0 Å². The maximum atomic E-state index is 14.0. The molecule has 3 aromatic carbocycles. The number of carbonyl (C=O) groups is 1. The summed E-state index contributed by atoms with van der Waals surface area (Å²) in [5.74, 6) is -0.758. The monoisotopic (exact) mass is 442 g/mol. The summed E-state index contributed by atoms with van der Waals surface area (Å²) in [5, 5.41) is 13.3. The number of hydrogen-bond donors (Lipinski definition) is 1. The number of anilines is 1. The van der Waals surface area contributed by atoms with Crippen LogP contribution in [0.3, 0.4) is 0 Å². The average molecular weight is 442 g/mol. The molecule has 1 heterocycles. The highest BCUT2D eigenvalue weighted by atomic mass is 19.4. The first-order valence-electron chi connectivity index (χ1n) is 10.7. The Bertz CT molecular complexity index is 1160. The Morgan fingerprint density at radius 1 is 0.969 bits per heavy atom. The van der Waals surface area contributed by atoms with Gasteiger partial charge in [0.15, 0.2) is 5.60 Å². The standard InChI is InChI=1S/C25H25F3N2O2/c1-3-29(4-2)14-15-30-21-11-7-10-20(25(26,27)28)22(21)24(32,23(30)31)19-13-12-17-8-5-6-9-18(17)16-19/h5-13,16,32H,3-4,14-15H2,1-2H3. The Balaban J connectivity index is 1.90. The van der Waals surface area contributed by atoms with Crippen molar-refractivity contribution in [2.75, 3.05) is 31.1 Å². The smallest absolute Gasteiger partial charge is 0.372 e. The van der Waals surface area contributed by atoms with Gasteiger partial charge in [0.25, 0.3) is 5.91 Å². The highest BCUT2D eigenvalue weighted by Gasteiger charge is 2.55. The summed E-state index contributed by atoms with van der Waals surface area (Å²) in [6.45, 7) is 6.14. The third kappa shape index (κ3) is 3.55. The molecule has 0 aromatic heterocycles. The van der Waals surface area contributed by atoms with Crippen LogP contribution < -0.4 is 4.90 Å². The van der Waals surface area contributed by atoms with Crippen LogP contribution in [0.2, 0.25) is 0 Å². The number of alkyl halides is 3. The lowest BCUT2D eigenvalue weighted by Gasteiger charge is -2.26. The quantitative estimate of drug-likeness (QED) is 0.597. The van der Waals surface area contributed by atoms with E-state index in [0.717, 1.165) is 29.9 Å². The van der Waals surface area contributed by atoms with Crippen LogP contribution in [0.5, 0.6) is 0 Å². The molecule has 1 atom stereocenters. The van der Waals surface area contributed by atoms with E-state index in [2.05, 4.69) is 4.90 Å². The first kappa shape index (κ1) is 22.3. The summed E-state index contributed by atoms with van der Waals surface area (Å²) in [6, 6.07) is 15.8. The highest BCUT2D eigenvalue weighted by molar-refractivity contribution is 6.10. The van der Waals surface area contributed by atoms with Gasteiger partial charge in [0, 0.05) is 18.7 Å². The molecular formula is C25H25F3N2O2. The summed E-state index contributed by atoms with van der Waals surface area (Å²) in [7, 11) is 0. The number of rotatable bonds is 6. The minimum absolute atomic E-state index is 0.104. The topological polar surface area (TPSA) is 43.8 Å². The lowest BCUT2D eigenvalue weighted by Crippen LogP contribution is -2.44. The van der Waals surface area contributed by atoms with Crippen molar-refractivity contribution in [3.63, 3.8) is 0 Å². The molecular weight excluding hydrogens is 417 g/mol. The fourth-order valence-corrected chi connectivity index (χ4v) is 4.48. The van der Waals surface area contributed by atoms with Crippen LogP contribution in [-0.4, -0.2) is 42.1 Å². The summed E-state index contributed by atoms with van der Waals surface area (Å²) in [6.07, 6.45) is -4.72. The molecule has 0 spiro atoms. The Hall–Kier alpha value is -2.90. The molecule has 0 radical (unpaired) electrons. The largest absolute Gasteiger partial charge is 0.416 e. The molecule has 0 aliphatic carbocycles. The zero-order valence-electron chi connectivity index (χ0n) is 18.0. The van der Waals surface area contributed by atoms with Crippen molar-refractivity contribution < 1.29 is 23.1 Å². The fraction of sp³-hybridized carbons (Fsp3) is 0.320. The molecule has 1 aliphatic rings. The fourth-order valence-electron chi connectivity index (χ4n) is 4.48. The third-order valence-corrected chi connectivity index (χ3v) is 6.26. The Labute approximate surface area is 184 Å². The first-order chi connectivity index (χ1) is 15.2. The molecule has 168 valence electrons. The van der Waals surface area contributed by atoms with Crippen LogP contribution >= 0.6 is 0 Å². The molecule has 0 bridgehead atoms. The first-order valence-corrected chi connectivity index (χ1v) is 10.7. The zero-order valence-corrected chi connectivity index (χ0v) is 18.0. The summed E-state index contributed by atoms with van der Waals surface area (Å²) in [5.41, 5.74) is -3.58. The molecule has 1 unspecified atom stereocenters. The maximum Gasteiger partial charge on any atom is 0.416 e. The molecule has 0 saturated carbocycles. The number of fused-ring (bicyclic) bond motifs is 2. The number of benzene rings is 3. The van der Waals surface area contributed by atoms with Crippen molar-refractivity contribution in [2.24, 2.45) is 0 Å². The number of aliphatic hydroxyl groups is 1. The number of likely N-dealkylation sites (N-methyl/N-ethyl adjacent to an activating group) is 1. The molecule has 32 heavy (non-hydrogen) atoms. The van der Waals surface area contributed by atoms with Crippen molar-refractivity contribution in [3.05, 3.63) is 77.4 Å². The van der Waals surface area contributed by atoms with Gasteiger partial charge in [-0.3, -0.25) is 4.79 Å². The number of hydrogen-bond acceptors (Lipinski definition) is 3. The van der Waals surface area contributed by atoms with Crippen LogP contribution in [0.1, 0.15) is 30.5 Å². The van der Waals surface area contributed by atoms with E-state index >= 15 is 0 Å². The van der Waals surface area contributed by atoms with Gasteiger partial charge in [-0.15, -0.1) is 0 Å². The van der Waals surface area contributed by atoms with Crippen LogP contribution in [0.25, 0.3) is 10.8 Å². The van der Waals surface area contributed by atoms with E-state index < -0.39 is 28.8 Å². The van der Waals surface area contributed by atoms with E-state index in [1.807, 2.05) is 26.0 Å². The predicted molar refractivity (Wildman–Crippen MR) is 119 cm³/mol. The van der Waals surface area contributed by atoms with Crippen LogP contribution in [0.4, 0.5) is 18.9 Å². The zero-order chi connectivity index (χ0) is 23.1. The summed E-state index contributed by atoms with van der Waals surface area (Å²) in [4.78, 5) is 16.9. The normalized spacial score (nSPS) is 18.6. The third-order valence-electron chi connectivity index (χ3n) is 6.26. The Kier molecular flexibility index (Phi) is 5.73. The van der Waals surface area contributed by atoms with Gasteiger partial charge in [0.05, 0.1) is 11.3 Å². The van der Waals surface area contributed by atoms with Gasteiger partial charge in [-0.25, -0.2) is 0 Å². The van der Waals surface area contributed by atoms with E-state index in [9.17, 15) is 23.1 Å². The predicted octanol–water partition coefficient (Wildman–Crippen LogP) is 4.78. The molecule has 4 rings (SSSR count). The lowest BCUT2D eigenvalue weighted by molar-refractivity contribution is -0.142. The van der Waals surface area contributed by atoms with Gasteiger partial charge >= 0.3 is 6.18 Å². The second-order valence-corrected chi connectivity index (χ2v) is 7.95. The summed E-state index contributed by atoms with van der Waals surface area (Å²) >= 11 is 0. The minimum Gasteiger partial charge on any atom is -0.372 e. The molecule has 0 fully saturated rings. The molecule has 3 aromatic rings. The Morgan fingerprint density at radius 3 is 2.31 bits per heavy atom. The molecule has 7 heteroatoms. The maximum absolute atomic E-state index is 14.0. The van der Waals surface area contributed by atoms with E-state index in [-0.39, 0.29) is 17.8 Å². The van der Waals surface area contributed by atoms with Crippen LogP contribution in [0.15, 0.2) is 60.7 Å². The molecule has 1 amide bonds. The number of nitrogens with zero attached hydrogens (tertiary/aromatic N) is 2. The van der Waals surface area contributed by atoms with Crippen molar-refractivity contribution in [3.8, 4) is 0 Å². The summed E-state index contributed by atoms with van der Waals surface area (Å²) < 4.78 is 42.0. The van der Waals surface area contributed by atoms with Crippen molar-refractivity contribution in [1.29, 1.82) is 0 Å². The number of carbonyl (C=O) groups excluding carboxylic acids is 1. The highest BCUT2D eigenvalue weighted by Crippen LogP contribution is 2.50. The second-order valence-electron chi connectivity index (χ2n) is 7.95. The van der Waals surface area contributed by atoms with E-state index in [0.29, 0.717) is 6.54 Å².